The zero-order valence-corrected chi connectivity index (χ0v) is 24.1. The summed E-state index contributed by atoms with van der Waals surface area (Å²) >= 11 is 0. The number of rotatable bonds is 7. The van der Waals surface area contributed by atoms with Crippen molar-refractivity contribution in [2.24, 2.45) is 0 Å². The number of aromatic nitrogens is 6. The number of hydrogen-bond acceptors (Lipinski definition) is 9. The maximum atomic E-state index is 6.53. The molecule has 2 aliphatic carbocycles. The monoisotopic (exact) mass is 582 g/mol. The van der Waals surface area contributed by atoms with Crippen LogP contribution in [-0.4, -0.2) is 29.9 Å². The van der Waals surface area contributed by atoms with Crippen LogP contribution in [0.4, 0.5) is 0 Å². The van der Waals surface area contributed by atoms with Crippen molar-refractivity contribution in [3.05, 3.63) is 113 Å². The molecule has 2 atom stereocenters. The first-order chi connectivity index (χ1) is 21.8. The predicted octanol–water partition coefficient (Wildman–Crippen LogP) is 6.85. The predicted molar refractivity (Wildman–Crippen MR) is 164 cm³/mol. The van der Waals surface area contributed by atoms with Crippen LogP contribution in [0.1, 0.15) is 65.8 Å². The molecule has 44 heavy (non-hydrogen) atoms. The van der Waals surface area contributed by atoms with E-state index in [1.54, 1.807) is 6.20 Å². The highest BCUT2D eigenvalue weighted by Gasteiger charge is 2.25. The zero-order valence-electron chi connectivity index (χ0n) is 24.1. The van der Waals surface area contributed by atoms with Crippen molar-refractivity contribution < 1.29 is 14.2 Å². The van der Waals surface area contributed by atoms with Gasteiger partial charge in [0, 0.05) is 6.20 Å². The minimum absolute atomic E-state index is 0.0433. The van der Waals surface area contributed by atoms with Gasteiger partial charge in [0.2, 0.25) is 11.8 Å². The highest BCUT2D eigenvalue weighted by molar-refractivity contribution is 5.80. The van der Waals surface area contributed by atoms with Gasteiger partial charge >= 0.3 is 6.01 Å². The molecule has 4 heterocycles. The minimum Gasteiger partial charge on any atom is -0.469 e. The van der Waals surface area contributed by atoms with Crippen molar-refractivity contribution in [2.75, 3.05) is 0 Å². The molecule has 4 aromatic heterocycles. The summed E-state index contributed by atoms with van der Waals surface area (Å²) in [5.74, 6) is 0.997. The summed E-state index contributed by atoms with van der Waals surface area (Å²) in [5, 5.41) is 1.51. The first-order valence-corrected chi connectivity index (χ1v) is 15.1. The van der Waals surface area contributed by atoms with E-state index in [0.29, 0.717) is 28.7 Å². The van der Waals surface area contributed by atoms with E-state index >= 15 is 0 Å². The Morgan fingerprint density at radius 3 is 2.07 bits per heavy atom. The molecular formula is C35H30N6O3. The van der Waals surface area contributed by atoms with Gasteiger partial charge in [0.1, 0.15) is 25.1 Å². The summed E-state index contributed by atoms with van der Waals surface area (Å²) in [4.78, 5) is 27.3. The molecule has 2 unspecified atom stereocenters. The third-order valence-corrected chi connectivity index (χ3v) is 8.42. The molecule has 0 saturated carbocycles. The second kappa shape index (κ2) is 11.5. The molecule has 0 amide bonds. The molecule has 218 valence electrons. The lowest BCUT2D eigenvalue weighted by molar-refractivity contribution is 0.174. The van der Waals surface area contributed by atoms with Gasteiger partial charge < -0.3 is 14.2 Å². The summed E-state index contributed by atoms with van der Waals surface area (Å²) in [6, 6.07) is 24.7. The van der Waals surface area contributed by atoms with Crippen LogP contribution in [0.15, 0.2) is 85.3 Å². The molecule has 0 fully saturated rings. The third-order valence-electron chi connectivity index (χ3n) is 8.42. The molecular weight excluding hydrogens is 552 g/mol. The number of ether oxygens (including phenoxy) is 3. The fourth-order valence-electron chi connectivity index (χ4n) is 6.27. The smallest absolute Gasteiger partial charge is 0.322 e. The van der Waals surface area contributed by atoms with E-state index in [2.05, 4.69) is 73.5 Å². The number of nitrogens with zero attached hydrogens (tertiary/aromatic N) is 6. The Bertz CT molecular complexity index is 1980. The summed E-state index contributed by atoms with van der Waals surface area (Å²) in [6.45, 7) is 0.149. The molecule has 0 saturated heterocycles. The van der Waals surface area contributed by atoms with Crippen LogP contribution in [-0.2, 0) is 19.4 Å². The third kappa shape index (κ3) is 5.15. The van der Waals surface area contributed by atoms with Crippen LogP contribution in [0, 0.1) is 0 Å². The fourth-order valence-corrected chi connectivity index (χ4v) is 6.27. The Hall–Kier alpha value is -5.18. The first-order valence-electron chi connectivity index (χ1n) is 15.1. The topological polar surface area (TPSA) is 105 Å². The second-order valence-corrected chi connectivity index (χ2v) is 11.2. The van der Waals surface area contributed by atoms with Crippen molar-refractivity contribution in [1.82, 2.24) is 29.9 Å². The SMILES string of the molecule is c1ccc2c(c1)CCCC2Oc1ncnc2nc(COc3nc(OC4CCCc5ccccc54)c4cccnc4n3)ccc12. The van der Waals surface area contributed by atoms with Crippen molar-refractivity contribution >= 4 is 22.1 Å². The van der Waals surface area contributed by atoms with Gasteiger partial charge in [0.25, 0.3) is 0 Å². The Morgan fingerprint density at radius 1 is 0.614 bits per heavy atom. The molecule has 0 bridgehead atoms. The van der Waals surface area contributed by atoms with Crippen molar-refractivity contribution in [1.29, 1.82) is 0 Å². The quantitative estimate of drug-likeness (QED) is 0.200. The number of pyridine rings is 2. The van der Waals surface area contributed by atoms with Crippen molar-refractivity contribution in [3.8, 4) is 17.8 Å². The summed E-state index contributed by atoms with van der Waals surface area (Å²) in [7, 11) is 0. The van der Waals surface area contributed by atoms with Crippen molar-refractivity contribution in [3.63, 3.8) is 0 Å². The summed E-state index contributed by atoms with van der Waals surface area (Å²) < 4.78 is 19.0. The molecule has 9 nitrogen and oxygen atoms in total. The minimum atomic E-state index is -0.0913. The molecule has 2 aliphatic rings. The van der Waals surface area contributed by atoms with Gasteiger partial charge in [-0.15, -0.1) is 0 Å². The van der Waals surface area contributed by atoms with Gasteiger partial charge in [-0.1, -0.05) is 48.5 Å². The largest absolute Gasteiger partial charge is 0.469 e. The molecule has 8 rings (SSSR count). The summed E-state index contributed by atoms with van der Waals surface area (Å²) in [6.07, 6.45) is 9.20. The lowest BCUT2D eigenvalue weighted by Gasteiger charge is -2.26. The van der Waals surface area contributed by atoms with Gasteiger partial charge in [-0.2, -0.15) is 9.97 Å². The lowest BCUT2D eigenvalue weighted by Crippen LogP contribution is -2.16. The van der Waals surface area contributed by atoms with Crippen LogP contribution in [0.2, 0.25) is 0 Å². The molecule has 0 spiro atoms. The highest BCUT2D eigenvalue weighted by atomic mass is 16.5. The Labute approximate surface area is 254 Å². The molecule has 6 aromatic rings. The summed E-state index contributed by atoms with van der Waals surface area (Å²) in [5.41, 5.74) is 6.82. The van der Waals surface area contributed by atoms with Crippen LogP contribution in [0.5, 0.6) is 17.8 Å². The van der Waals surface area contributed by atoms with Crippen LogP contribution in [0.3, 0.4) is 0 Å². The van der Waals surface area contributed by atoms with E-state index < -0.39 is 0 Å². The fraction of sp³-hybridized carbons (Fsp3) is 0.257. The average Bonchev–Trinajstić information content (AvgIpc) is 3.08. The van der Waals surface area contributed by atoms with E-state index in [1.165, 1.54) is 28.6 Å². The molecule has 0 radical (unpaired) electrons. The van der Waals surface area contributed by atoms with Gasteiger partial charge in [0.15, 0.2) is 11.3 Å². The Morgan fingerprint density at radius 2 is 1.30 bits per heavy atom. The maximum Gasteiger partial charge on any atom is 0.322 e. The average molecular weight is 583 g/mol. The van der Waals surface area contributed by atoms with E-state index in [0.717, 1.165) is 49.3 Å². The molecule has 0 aliphatic heterocycles. The van der Waals surface area contributed by atoms with Gasteiger partial charge in [-0.25, -0.2) is 19.9 Å². The standard InChI is InChI=1S/C35H30N6O3/c1-3-12-25-22(8-1)10-5-15-29(25)43-33-28-18-17-24(39-32(28)37-21-38-33)20-42-35-40-31-27(14-7-19-36-31)34(41-35)44-30-16-6-11-23-9-2-4-13-26(23)30/h1-4,7-9,12-14,17-19,21,29-30H,5-6,10-11,15-16,20H2. The zero-order chi connectivity index (χ0) is 29.3. The van der Waals surface area contributed by atoms with Crippen LogP contribution in [0.25, 0.3) is 22.1 Å². The molecule has 2 aromatic carbocycles. The lowest BCUT2D eigenvalue weighted by atomic mass is 9.89. The van der Waals surface area contributed by atoms with E-state index in [1.807, 2.05) is 24.3 Å². The van der Waals surface area contributed by atoms with E-state index in [4.69, 9.17) is 19.2 Å². The molecule has 9 heteroatoms. The van der Waals surface area contributed by atoms with E-state index in [9.17, 15) is 0 Å². The van der Waals surface area contributed by atoms with Crippen LogP contribution >= 0.6 is 0 Å². The van der Waals surface area contributed by atoms with Crippen molar-refractivity contribution in [2.45, 2.75) is 57.3 Å². The number of hydrogen-bond donors (Lipinski definition) is 0. The Balaban J connectivity index is 1.03. The number of aryl methyl sites for hydroxylation is 2. The van der Waals surface area contributed by atoms with Gasteiger partial charge in [0.05, 0.1) is 16.5 Å². The second-order valence-electron chi connectivity index (χ2n) is 11.2. The van der Waals surface area contributed by atoms with Gasteiger partial charge in [-0.05, 0) is 85.0 Å². The normalized spacial score (nSPS) is 17.5. The maximum absolute atomic E-state index is 6.53. The molecule has 0 N–H and O–H groups in total. The van der Waals surface area contributed by atoms with E-state index in [-0.39, 0.29) is 24.8 Å². The highest BCUT2D eigenvalue weighted by Crippen LogP contribution is 2.36. The van der Waals surface area contributed by atoms with Gasteiger partial charge in [-0.3, -0.25) is 0 Å². The Kier molecular flexibility index (Phi) is 6.90. The number of benzene rings is 2. The number of fused-ring (bicyclic) bond motifs is 4. The van der Waals surface area contributed by atoms with Crippen LogP contribution < -0.4 is 14.2 Å². The first kappa shape index (κ1) is 26.4.